The minimum absolute atomic E-state index is 0.777. The molecule has 3 nitrogen and oxygen atoms in total. The average molecular weight is 245 g/mol. The number of nitrogens with one attached hydrogen (secondary N) is 1. The molecule has 2 fully saturated rings. The Morgan fingerprint density at radius 2 is 2.06 bits per heavy atom. The molecular formula is C15H23N3. The van der Waals surface area contributed by atoms with Crippen LogP contribution in [0.1, 0.15) is 38.5 Å². The van der Waals surface area contributed by atoms with E-state index in [1.807, 2.05) is 13.2 Å². The highest BCUT2D eigenvalue weighted by molar-refractivity contribution is 5.55. The highest BCUT2D eigenvalue weighted by Gasteiger charge is 2.33. The van der Waals surface area contributed by atoms with Crippen molar-refractivity contribution in [3.63, 3.8) is 0 Å². The number of pyridine rings is 1. The van der Waals surface area contributed by atoms with Crippen LogP contribution in [-0.2, 0) is 0 Å². The number of hydrogen-bond acceptors (Lipinski definition) is 3. The first kappa shape index (κ1) is 11.8. The first-order valence-electron chi connectivity index (χ1n) is 7.29. The molecule has 1 saturated heterocycles. The summed E-state index contributed by atoms with van der Waals surface area (Å²) in [4.78, 5) is 6.94. The SMILES string of the molecule is CNc1cc(N2CCCC2C2CCCC2)ccn1. The Morgan fingerprint density at radius 1 is 1.22 bits per heavy atom. The summed E-state index contributed by atoms with van der Waals surface area (Å²) in [5, 5.41) is 3.14. The van der Waals surface area contributed by atoms with Gasteiger partial charge >= 0.3 is 0 Å². The van der Waals surface area contributed by atoms with Gasteiger partial charge in [0.05, 0.1) is 0 Å². The van der Waals surface area contributed by atoms with Crippen molar-refractivity contribution >= 4 is 11.5 Å². The molecule has 0 aromatic carbocycles. The largest absolute Gasteiger partial charge is 0.373 e. The minimum Gasteiger partial charge on any atom is -0.373 e. The van der Waals surface area contributed by atoms with E-state index in [1.165, 1.54) is 50.8 Å². The Labute approximate surface area is 110 Å². The third kappa shape index (κ3) is 2.18. The summed E-state index contributed by atoms with van der Waals surface area (Å²) in [5.41, 5.74) is 1.35. The highest BCUT2D eigenvalue weighted by atomic mass is 15.2. The highest BCUT2D eigenvalue weighted by Crippen LogP contribution is 2.37. The predicted molar refractivity (Wildman–Crippen MR) is 76.1 cm³/mol. The van der Waals surface area contributed by atoms with E-state index in [4.69, 9.17) is 0 Å². The molecule has 1 aliphatic carbocycles. The summed E-state index contributed by atoms with van der Waals surface area (Å²) in [5.74, 6) is 1.91. The van der Waals surface area contributed by atoms with E-state index in [0.29, 0.717) is 0 Å². The van der Waals surface area contributed by atoms with Gasteiger partial charge in [0.25, 0.3) is 0 Å². The number of aromatic nitrogens is 1. The summed E-state index contributed by atoms with van der Waals surface area (Å²) in [6.45, 7) is 1.22. The van der Waals surface area contributed by atoms with E-state index in [2.05, 4.69) is 27.3 Å². The molecule has 0 amide bonds. The molecule has 2 heterocycles. The van der Waals surface area contributed by atoms with Crippen LogP contribution in [-0.4, -0.2) is 24.6 Å². The number of rotatable bonds is 3. The van der Waals surface area contributed by atoms with Gasteiger partial charge in [-0.25, -0.2) is 4.98 Å². The molecule has 18 heavy (non-hydrogen) atoms. The molecule has 0 spiro atoms. The van der Waals surface area contributed by atoms with Crippen molar-refractivity contribution in [2.24, 2.45) is 5.92 Å². The lowest BCUT2D eigenvalue weighted by atomic mass is 9.96. The lowest BCUT2D eigenvalue weighted by Gasteiger charge is -2.31. The number of nitrogens with zero attached hydrogens (tertiary/aromatic N) is 2. The average Bonchev–Trinajstić information content (AvgIpc) is 3.09. The van der Waals surface area contributed by atoms with Crippen LogP contribution in [0.4, 0.5) is 11.5 Å². The van der Waals surface area contributed by atoms with Crippen molar-refractivity contribution < 1.29 is 0 Å². The minimum atomic E-state index is 0.777. The van der Waals surface area contributed by atoms with Crippen LogP contribution in [0.25, 0.3) is 0 Å². The summed E-state index contributed by atoms with van der Waals surface area (Å²) in [6.07, 6.45) is 10.4. The fraction of sp³-hybridized carbons (Fsp3) is 0.667. The third-order valence-corrected chi connectivity index (χ3v) is 4.57. The molecule has 0 radical (unpaired) electrons. The second-order valence-corrected chi connectivity index (χ2v) is 5.60. The topological polar surface area (TPSA) is 28.2 Å². The fourth-order valence-corrected chi connectivity index (χ4v) is 3.68. The van der Waals surface area contributed by atoms with Gasteiger partial charge < -0.3 is 10.2 Å². The molecule has 1 atom stereocenters. The van der Waals surface area contributed by atoms with Gasteiger partial charge in [0, 0.05) is 37.6 Å². The van der Waals surface area contributed by atoms with E-state index >= 15 is 0 Å². The van der Waals surface area contributed by atoms with Gasteiger partial charge in [-0.15, -0.1) is 0 Å². The van der Waals surface area contributed by atoms with Crippen LogP contribution < -0.4 is 10.2 Å². The standard InChI is InChI=1S/C15H23N3/c1-16-15-11-13(8-9-17-15)18-10-4-7-14(18)12-5-2-3-6-12/h8-9,11-12,14H,2-7,10H2,1H3,(H,16,17). The zero-order valence-electron chi connectivity index (χ0n) is 11.2. The maximum atomic E-state index is 4.31. The summed E-state index contributed by atoms with van der Waals surface area (Å²) in [7, 11) is 1.94. The molecule has 1 saturated carbocycles. The van der Waals surface area contributed by atoms with Crippen molar-refractivity contribution in [2.45, 2.75) is 44.6 Å². The Hall–Kier alpha value is -1.25. The van der Waals surface area contributed by atoms with Crippen molar-refractivity contribution in [1.29, 1.82) is 0 Å². The van der Waals surface area contributed by atoms with Gasteiger partial charge in [-0.3, -0.25) is 0 Å². The smallest absolute Gasteiger partial charge is 0.127 e. The lowest BCUT2D eigenvalue weighted by Crippen LogP contribution is -2.34. The summed E-state index contributed by atoms with van der Waals surface area (Å²) < 4.78 is 0. The van der Waals surface area contributed by atoms with Crippen LogP contribution in [0, 0.1) is 5.92 Å². The molecular weight excluding hydrogens is 222 g/mol. The number of anilines is 2. The maximum Gasteiger partial charge on any atom is 0.127 e. The molecule has 3 rings (SSSR count). The second-order valence-electron chi connectivity index (χ2n) is 5.60. The van der Waals surface area contributed by atoms with E-state index < -0.39 is 0 Å². The van der Waals surface area contributed by atoms with Gasteiger partial charge in [0.1, 0.15) is 5.82 Å². The monoisotopic (exact) mass is 245 g/mol. The molecule has 1 N–H and O–H groups in total. The molecule has 1 aliphatic heterocycles. The van der Waals surface area contributed by atoms with Crippen molar-refractivity contribution in [3.05, 3.63) is 18.3 Å². The number of hydrogen-bond donors (Lipinski definition) is 1. The molecule has 98 valence electrons. The van der Waals surface area contributed by atoms with Gasteiger partial charge in [-0.05, 0) is 37.7 Å². The van der Waals surface area contributed by atoms with Crippen LogP contribution in [0.2, 0.25) is 0 Å². The normalized spacial score (nSPS) is 24.7. The molecule has 0 bridgehead atoms. The van der Waals surface area contributed by atoms with E-state index in [1.54, 1.807) is 0 Å². The van der Waals surface area contributed by atoms with Gasteiger partial charge in [-0.1, -0.05) is 12.8 Å². The van der Waals surface area contributed by atoms with Crippen molar-refractivity contribution in [2.75, 3.05) is 23.8 Å². The third-order valence-electron chi connectivity index (χ3n) is 4.57. The summed E-state index contributed by atoms with van der Waals surface area (Å²) in [6, 6.07) is 5.13. The Kier molecular flexibility index (Phi) is 3.39. The first-order chi connectivity index (χ1) is 8.88. The second kappa shape index (κ2) is 5.17. The molecule has 1 aromatic heterocycles. The predicted octanol–water partition coefficient (Wildman–Crippen LogP) is 3.28. The van der Waals surface area contributed by atoms with Gasteiger partial charge in [-0.2, -0.15) is 0 Å². The molecule has 2 aliphatic rings. The van der Waals surface area contributed by atoms with Gasteiger partial charge in [0.15, 0.2) is 0 Å². The maximum absolute atomic E-state index is 4.31. The quantitative estimate of drug-likeness (QED) is 0.885. The Bertz CT molecular complexity index is 398. The van der Waals surface area contributed by atoms with Crippen LogP contribution >= 0.6 is 0 Å². The Balaban J connectivity index is 1.80. The van der Waals surface area contributed by atoms with Crippen molar-refractivity contribution in [1.82, 2.24) is 4.98 Å². The van der Waals surface area contributed by atoms with Crippen molar-refractivity contribution in [3.8, 4) is 0 Å². The van der Waals surface area contributed by atoms with E-state index in [-0.39, 0.29) is 0 Å². The van der Waals surface area contributed by atoms with E-state index in [9.17, 15) is 0 Å². The molecule has 1 unspecified atom stereocenters. The fourth-order valence-electron chi connectivity index (χ4n) is 3.68. The first-order valence-corrected chi connectivity index (χ1v) is 7.29. The van der Waals surface area contributed by atoms with E-state index in [0.717, 1.165) is 17.8 Å². The van der Waals surface area contributed by atoms with Crippen LogP contribution in [0.15, 0.2) is 18.3 Å². The summed E-state index contributed by atoms with van der Waals surface area (Å²) >= 11 is 0. The zero-order chi connectivity index (χ0) is 12.4. The Morgan fingerprint density at radius 3 is 2.83 bits per heavy atom. The molecule has 1 aromatic rings. The zero-order valence-corrected chi connectivity index (χ0v) is 11.2. The van der Waals surface area contributed by atoms with Gasteiger partial charge in [0.2, 0.25) is 0 Å². The molecule has 3 heteroatoms. The van der Waals surface area contributed by atoms with Crippen LogP contribution in [0.5, 0.6) is 0 Å². The lowest BCUT2D eigenvalue weighted by molar-refractivity contribution is 0.431. The van der Waals surface area contributed by atoms with Crippen LogP contribution in [0.3, 0.4) is 0 Å².